The number of benzene rings is 1. The van der Waals surface area contributed by atoms with E-state index in [0.717, 1.165) is 19.1 Å². The molecular weight excluding hydrogens is 546 g/mol. The third-order valence-corrected chi connectivity index (χ3v) is 8.58. The highest BCUT2D eigenvalue weighted by atomic mass is 19.4. The predicted molar refractivity (Wildman–Crippen MR) is 133 cm³/mol. The fraction of sp³-hybridized carbons (Fsp3) is 0.692. The van der Waals surface area contributed by atoms with E-state index in [0.29, 0.717) is 50.1 Å². The Morgan fingerprint density at radius 3 is 2.30 bits per heavy atom. The summed E-state index contributed by atoms with van der Waals surface area (Å²) in [6.45, 7) is 4.19. The van der Waals surface area contributed by atoms with Gasteiger partial charge in [0.1, 0.15) is 0 Å². The molecule has 0 spiro atoms. The molecule has 3 heterocycles. The molecule has 0 aromatic heterocycles. The number of halogens is 6. The molecule has 1 N–H and O–H groups in total. The smallest absolute Gasteiger partial charge is 0.425 e. The second-order valence-corrected chi connectivity index (χ2v) is 11.3. The van der Waals surface area contributed by atoms with E-state index in [1.54, 1.807) is 0 Å². The van der Waals surface area contributed by atoms with Crippen molar-refractivity contribution in [3.05, 3.63) is 29.3 Å². The molecule has 40 heavy (non-hydrogen) atoms. The van der Waals surface area contributed by atoms with Crippen molar-refractivity contribution in [1.29, 1.82) is 0 Å². The van der Waals surface area contributed by atoms with Crippen molar-refractivity contribution in [3.63, 3.8) is 0 Å². The van der Waals surface area contributed by atoms with Gasteiger partial charge in [0.15, 0.2) is 6.10 Å². The molecule has 3 aliphatic heterocycles. The third-order valence-electron chi connectivity index (χ3n) is 8.58. The minimum absolute atomic E-state index is 0.0529. The van der Waals surface area contributed by atoms with Crippen LogP contribution >= 0.6 is 0 Å². The molecule has 3 aliphatic rings. The van der Waals surface area contributed by atoms with Crippen LogP contribution in [0.3, 0.4) is 0 Å². The first-order valence-corrected chi connectivity index (χ1v) is 13.1. The van der Waals surface area contributed by atoms with E-state index >= 15 is 0 Å². The second-order valence-electron chi connectivity index (χ2n) is 11.3. The zero-order chi connectivity index (χ0) is 29.6. The van der Waals surface area contributed by atoms with Gasteiger partial charge >= 0.3 is 24.4 Å². The van der Waals surface area contributed by atoms with Gasteiger partial charge in [-0.25, -0.2) is 4.79 Å². The van der Waals surface area contributed by atoms with E-state index in [1.807, 2.05) is 28.7 Å². The molecule has 8 nitrogen and oxygen atoms in total. The zero-order valence-corrected chi connectivity index (χ0v) is 22.6. The number of fused-ring (bicyclic) bond motifs is 2. The number of hydrogen-bond acceptors (Lipinski definition) is 6. The molecule has 1 amide bonds. The Balaban J connectivity index is 1.46. The van der Waals surface area contributed by atoms with Crippen molar-refractivity contribution >= 4 is 17.7 Å². The minimum Gasteiger partial charge on any atom is -0.480 e. The summed E-state index contributed by atoms with van der Waals surface area (Å²) in [4.78, 5) is 30.5. The number of carboxylic acids is 1. The number of carboxylic acid groups (broad SMARTS) is 1. The topological polar surface area (TPSA) is 76.6 Å². The number of ether oxygens (including phenoxy) is 1. The van der Waals surface area contributed by atoms with Gasteiger partial charge in [-0.1, -0.05) is 6.07 Å². The van der Waals surface area contributed by atoms with Gasteiger partial charge in [0, 0.05) is 56.0 Å². The van der Waals surface area contributed by atoms with Crippen molar-refractivity contribution in [3.8, 4) is 0 Å². The molecule has 3 saturated heterocycles. The average molecular weight is 581 g/mol. The van der Waals surface area contributed by atoms with Gasteiger partial charge in [0.25, 0.3) is 0 Å². The third kappa shape index (κ3) is 6.42. The number of rotatable bonds is 7. The molecule has 1 aromatic carbocycles. The minimum atomic E-state index is -4.65. The molecule has 0 saturated carbocycles. The maximum absolute atomic E-state index is 13.6. The fourth-order valence-corrected chi connectivity index (χ4v) is 5.84. The van der Waals surface area contributed by atoms with Crippen LogP contribution in [-0.2, 0) is 22.3 Å². The summed E-state index contributed by atoms with van der Waals surface area (Å²) in [6, 6.07) is 3.54. The van der Waals surface area contributed by atoms with Crippen LogP contribution in [0, 0.1) is 0 Å². The monoisotopic (exact) mass is 580 g/mol. The molecule has 0 radical (unpaired) electrons. The molecule has 3 unspecified atom stereocenters. The van der Waals surface area contributed by atoms with E-state index < -0.39 is 41.6 Å². The number of carbonyl (C=O) groups excluding carboxylic acids is 1. The summed E-state index contributed by atoms with van der Waals surface area (Å²) in [5.41, 5.74) is -0.0655. The van der Waals surface area contributed by atoms with Crippen LogP contribution in [0.2, 0.25) is 0 Å². The van der Waals surface area contributed by atoms with Crippen molar-refractivity contribution in [1.82, 2.24) is 14.7 Å². The standard InChI is InChI=1S/C26H34F6N4O4/c1-16(25(27,28)29)40-23(39)34-8-6-24(2,7-9-34)33(3)12-17-4-5-18(26(30,31)32)10-21(17)36-14-19-11-20(36)13-35(19)15-22(37)38/h4-5,10,16,19-20H,6-9,11-15H2,1-3H3,(H,37,38). The number of hydrogen-bond donors (Lipinski definition) is 1. The SMILES string of the molecule is CC(OC(=O)N1CCC(C)(N(C)Cc2ccc(C(F)(F)F)cc2N2CC3CC2CN3CC(=O)O)CC1)C(F)(F)F. The molecule has 2 bridgehead atoms. The van der Waals surface area contributed by atoms with Crippen molar-refractivity contribution in [2.45, 2.75) is 75.7 Å². The maximum atomic E-state index is 13.6. The maximum Gasteiger partial charge on any atom is 0.425 e. The summed E-state index contributed by atoms with van der Waals surface area (Å²) in [5, 5.41) is 9.16. The number of anilines is 1. The predicted octanol–water partition coefficient (Wildman–Crippen LogP) is 4.43. The summed E-state index contributed by atoms with van der Waals surface area (Å²) in [7, 11) is 1.84. The second kappa shape index (κ2) is 10.9. The number of carbonyl (C=O) groups is 2. The Kier molecular flexibility index (Phi) is 8.25. The number of piperidine rings is 1. The number of amides is 1. The number of piperazine rings is 1. The average Bonchev–Trinajstić information content (AvgIpc) is 3.43. The lowest BCUT2D eigenvalue weighted by molar-refractivity contribution is -0.200. The van der Waals surface area contributed by atoms with Gasteiger partial charge in [-0.3, -0.25) is 14.6 Å². The van der Waals surface area contributed by atoms with Crippen LogP contribution in [0.15, 0.2) is 18.2 Å². The van der Waals surface area contributed by atoms with Crippen molar-refractivity contribution < 1.29 is 45.8 Å². The first-order chi connectivity index (χ1) is 18.5. The lowest BCUT2D eigenvalue weighted by Gasteiger charge is -2.45. The van der Waals surface area contributed by atoms with Gasteiger partial charge in [-0.2, -0.15) is 26.3 Å². The number of aliphatic carboxylic acids is 1. The number of nitrogens with zero attached hydrogens (tertiary/aromatic N) is 4. The van der Waals surface area contributed by atoms with Crippen LogP contribution in [0.4, 0.5) is 36.8 Å². The van der Waals surface area contributed by atoms with E-state index in [-0.39, 0.29) is 31.7 Å². The fourth-order valence-electron chi connectivity index (χ4n) is 5.84. The molecule has 0 aliphatic carbocycles. The van der Waals surface area contributed by atoms with Crippen LogP contribution < -0.4 is 4.90 Å². The summed E-state index contributed by atoms with van der Waals surface area (Å²) < 4.78 is 83.8. The van der Waals surface area contributed by atoms with E-state index in [2.05, 4.69) is 4.74 Å². The van der Waals surface area contributed by atoms with Crippen LogP contribution in [0.25, 0.3) is 0 Å². The molecule has 224 valence electrons. The highest BCUT2D eigenvalue weighted by Crippen LogP contribution is 2.40. The molecule has 3 atom stereocenters. The normalized spacial score (nSPS) is 24.1. The largest absolute Gasteiger partial charge is 0.480 e. The Morgan fingerprint density at radius 2 is 1.77 bits per heavy atom. The van der Waals surface area contributed by atoms with Gasteiger partial charge in [-0.15, -0.1) is 0 Å². The summed E-state index contributed by atoms with van der Waals surface area (Å²) in [5.74, 6) is -0.942. The molecule has 14 heteroatoms. The molecule has 3 fully saturated rings. The van der Waals surface area contributed by atoms with Gasteiger partial charge in [0.05, 0.1) is 12.1 Å². The van der Waals surface area contributed by atoms with Crippen LogP contribution in [0.1, 0.15) is 44.2 Å². The number of likely N-dealkylation sites (tertiary alicyclic amines) is 2. The van der Waals surface area contributed by atoms with Gasteiger partial charge in [0.2, 0.25) is 0 Å². The van der Waals surface area contributed by atoms with Gasteiger partial charge < -0.3 is 19.6 Å². The Bertz CT molecular complexity index is 1110. The number of alkyl halides is 6. The zero-order valence-electron chi connectivity index (χ0n) is 22.6. The quantitative estimate of drug-likeness (QED) is 0.479. The highest BCUT2D eigenvalue weighted by molar-refractivity contribution is 5.69. The molecule has 1 aromatic rings. The van der Waals surface area contributed by atoms with Crippen molar-refractivity contribution in [2.24, 2.45) is 0 Å². The molecule has 4 rings (SSSR count). The summed E-state index contributed by atoms with van der Waals surface area (Å²) in [6.07, 6.45) is -10.9. The van der Waals surface area contributed by atoms with E-state index in [1.165, 1.54) is 11.0 Å². The highest BCUT2D eigenvalue weighted by Gasteiger charge is 2.46. The first kappa shape index (κ1) is 30.2. The first-order valence-electron chi connectivity index (χ1n) is 13.1. The lowest BCUT2D eigenvalue weighted by Crippen LogP contribution is -2.53. The van der Waals surface area contributed by atoms with Gasteiger partial charge in [-0.05, 0) is 57.9 Å². The van der Waals surface area contributed by atoms with Crippen LogP contribution in [-0.4, -0.2) is 102 Å². The van der Waals surface area contributed by atoms with E-state index in [4.69, 9.17) is 5.11 Å². The van der Waals surface area contributed by atoms with E-state index in [9.17, 15) is 35.9 Å². The molecular formula is C26H34F6N4O4. The Morgan fingerprint density at radius 1 is 1.12 bits per heavy atom. The lowest BCUT2D eigenvalue weighted by atomic mass is 9.87. The summed E-state index contributed by atoms with van der Waals surface area (Å²) >= 11 is 0. The van der Waals surface area contributed by atoms with Crippen LogP contribution in [0.5, 0.6) is 0 Å². The Hall–Kier alpha value is -2.74. The Labute approximate surface area is 228 Å². The van der Waals surface area contributed by atoms with Crippen molar-refractivity contribution in [2.75, 3.05) is 44.7 Å².